The lowest BCUT2D eigenvalue weighted by molar-refractivity contribution is 0.800. The minimum atomic E-state index is 0.0374. The molecule has 0 aliphatic heterocycles. The molecule has 3 nitrogen and oxygen atoms in total. The van der Waals surface area contributed by atoms with Crippen LogP contribution in [0.25, 0.3) is 5.69 Å². The zero-order valence-corrected chi connectivity index (χ0v) is 11.8. The van der Waals surface area contributed by atoms with Crippen molar-refractivity contribution < 1.29 is 0 Å². The summed E-state index contributed by atoms with van der Waals surface area (Å²) >= 11 is 3.54. The van der Waals surface area contributed by atoms with Gasteiger partial charge in [-0.3, -0.25) is 0 Å². The van der Waals surface area contributed by atoms with E-state index in [1.807, 2.05) is 43.7 Å². The van der Waals surface area contributed by atoms with Crippen LogP contribution in [0.2, 0.25) is 0 Å². The van der Waals surface area contributed by atoms with Crippen molar-refractivity contribution in [3.05, 3.63) is 45.7 Å². The smallest absolute Gasteiger partial charge is 0.0743 e. The maximum absolute atomic E-state index is 5.89. The molecule has 1 atom stereocenters. The van der Waals surface area contributed by atoms with Crippen LogP contribution >= 0.6 is 15.9 Å². The van der Waals surface area contributed by atoms with Gasteiger partial charge >= 0.3 is 0 Å². The van der Waals surface area contributed by atoms with Gasteiger partial charge in [0.15, 0.2) is 0 Å². The van der Waals surface area contributed by atoms with E-state index in [4.69, 9.17) is 5.73 Å². The normalized spacial score (nSPS) is 12.8. The van der Waals surface area contributed by atoms with E-state index in [-0.39, 0.29) is 6.04 Å². The van der Waals surface area contributed by atoms with Crippen molar-refractivity contribution >= 4 is 15.9 Å². The van der Waals surface area contributed by atoms with Crippen LogP contribution in [-0.2, 0) is 0 Å². The highest BCUT2D eigenvalue weighted by Crippen LogP contribution is 2.24. The first-order valence-corrected chi connectivity index (χ1v) is 6.37. The van der Waals surface area contributed by atoms with Crippen molar-refractivity contribution in [3.63, 3.8) is 0 Å². The molecule has 2 rings (SSSR count). The van der Waals surface area contributed by atoms with Gasteiger partial charge in [0, 0.05) is 6.04 Å². The summed E-state index contributed by atoms with van der Waals surface area (Å²) in [5.41, 5.74) is 10.2. The highest BCUT2D eigenvalue weighted by atomic mass is 79.9. The molecular weight excluding hydrogens is 278 g/mol. The van der Waals surface area contributed by atoms with E-state index in [0.717, 1.165) is 27.1 Å². The molecule has 2 aromatic rings. The Balaban J connectivity index is 2.53. The fraction of sp³-hybridized carbons (Fsp3) is 0.308. The number of hydrogen-bond acceptors (Lipinski definition) is 2. The summed E-state index contributed by atoms with van der Waals surface area (Å²) in [6.07, 6.45) is 0. The quantitative estimate of drug-likeness (QED) is 0.923. The van der Waals surface area contributed by atoms with Crippen LogP contribution in [0.15, 0.2) is 28.7 Å². The van der Waals surface area contributed by atoms with Gasteiger partial charge in [0.1, 0.15) is 0 Å². The van der Waals surface area contributed by atoms with Gasteiger partial charge < -0.3 is 5.73 Å². The predicted molar refractivity (Wildman–Crippen MR) is 73.3 cm³/mol. The van der Waals surface area contributed by atoms with Gasteiger partial charge in [0.2, 0.25) is 0 Å². The van der Waals surface area contributed by atoms with Crippen molar-refractivity contribution in [3.8, 4) is 5.69 Å². The van der Waals surface area contributed by atoms with E-state index in [1.54, 1.807) is 0 Å². The average Bonchev–Trinajstić information content (AvgIpc) is 2.57. The van der Waals surface area contributed by atoms with E-state index in [2.05, 4.69) is 27.1 Å². The number of nitrogens with zero attached hydrogens (tertiary/aromatic N) is 2. The molecule has 17 heavy (non-hydrogen) atoms. The maximum Gasteiger partial charge on any atom is 0.0743 e. The standard InChI is InChI=1S/C13H16BrN3/c1-8(15)11-5-4-6-12(7-11)17-10(3)13(14)9(2)16-17/h4-8H,15H2,1-3H3. The number of aromatic nitrogens is 2. The Morgan fingerprint density at radius 3 is 2.59 bits per heavy atom. The molecule has 4 heteroatoms. The second kappa shape index (κ2) is 4.63. The zero-order valence-electron chi connectivity index (χ0n) is 10.2. The van der Waals surface area contributed by atoms with Gasteiger partial charge in [-0.1, -0.05) is 12.1 Å². The summed E-state index contributed by atoms with van der Waals surface area (Å²) in [7, 11) is 0. The Labute approximate surface area is 110 Å². The second-order valence-corrected chi connectivity index (χ2v) is 5.07. The maximum atomic E-state index is 5.89. The summed E-state index contributed by atoms with van der Waals surface area (Å²) in [6.45, 7) is 6.02. The number of benzene rings is 1. The predicted octanol–water partition coefficient (Wildman–Crippen LogP) is 3.27. The lowest BCUT2D eigenvalue weighted by Gasteiger charge is -2.09. The molecule has 1 aromatic carbocycles. The van der Waals surface area contributed by atoms with Crippen LogP contribution in [0.1, 0.15) is 29.9 Å². The van der Waals surface area contributed by atoms with Crippen molar-refractivity contribution in [2.75, 3.05) is 0 Å². The fourth-order valence-electron chi connectivity index (χ4n) is 1.81. The molecular formula is C13H16BrN3. The number of hydrogen-bond donors (Lipinski definition) is 1. The molecule has 0 fully saturated rings. The van der Waals surface area contributed by atoms with Gasteiger partial charge in [-0.05, 0) is 54.4 Å². The summed E-state index contributed by atoms with van der Waals surface area (Å²) in [4.78, 5) is 0. The van der Waals surface area contributed by atoms with Crippen molar-refractivity contribution in [2.45, 2.75) is 26.8 Å². The molecule has 1 heterocycles. The van der Waals surface area contributed by atoms with E-state index in [1.165, 1.54) is 0 Å². The second-order valence-electron chi connectivity index (χ2n) is 4.28. The Morgan fingerprint density at radius 1 is 1.35 bits per heavy atom. The van der Waals surface area contributed by atoms with Gasteiger partial charge in [-0.25, -0.2) is 4.68 Å². The Kier molecular flexibility index (Phi) is 3.35. The van der Waals surface area contributed by atoms with E-state index >= 15 is 0 Å². The highest BCUT2D eigenvalue weighted by molar-refractivity contribution is 9.10. The van der Waals surface area contributed by atoms with Gasteiger partial charge in [-0.2, -0.15) is 5.10 Å². The Morgan fingerprint density at radius 2 is 2.06 bits per heavy atom. The van der Waals surface area contributed by atoms with Crippen LogP contribution in [0.3, 0.4) is 0 Å². The summed E-state index contributed by atoms with van der Waals surface area (Å²) in [6, 6.07) is 8.21. The summed E-state index contributed by atoms with van der Waals surface area (Å²) in [5.74, 6) is 0. The van der Waals surface area contributed by atoms with Crippen LogP contribution in [0, 0.1) is 13.8 Å². The first-order chi connectivity index (χ1) is 8.00. The third kappa shape index (κ3) is 2.28. The van der Waals surface area contributed by atoms with Gasteiger partial charge in [-0.15, -0.1) is 0 Å². The fourth-order valence-corrected chi connectivity index (χ4v) is 2.06. The molecule has 0 aliphatic rings. The molecule has 90 valence electrons. The number of rotatable bonds is 2. The van der Waals surface area contributed by atoms with Crippen LogP contribution in [-0.4, -0.2) is 9.78 Å². The van der Waals surface area contributed by atoms with Crippen LogP contribution in [0.4, 0.5) is 0 Å². The topological polar surface area (TPSA) is 43.8 Å². The molecule has 2 N–H and O–H groups in total. The molecule has 1 unspecified atom stereocenters. The van der Waals surface area contributed by atoms with Crippen molar-refractivity contribution in [1.82, 2.24) is 9.78 Å². The van der Waals surface area contributed by atoms with Crippen molar-refractivity contribution in [2.24, 2.45) is 5.73 Å². The molecule has 0 amide bonds. The summed E-state index contributed by atoms with van der Waals surface area (Å²) in [5, 5.41) is 4.51. The largest absolute Gasteiger partial charge is 0.324 e. The number of nitrogens with two attached hydrogens (primary N) is 1. The molecule has 0 saturated heterocycles. The number of halogens is 1. The third-order valence-corrected chi connectivity index (χ3v) is 3.99. The van der Waals surface area contributed by atoms with Gasteiger partial charge in [0.25, 0.3) is 0 Å². The first kappa shape index (κ1) is 12.3. The van der Waals surface area contributed by atoms with Gasteiger partial charge in [0.05, 0.1) is 21.5 Å². The minimum Gasteiger partial charge on any atom is -0.324 e. The van der Waals surface area contributed by atoms with Crippen LogP contribution < -0.4 is 5.73 Å². The van der Waals surface area contributed by atoms with E-state index < -0.39 is 0 Å². The Hall–Kier alpha value is -1.13. The average molecular weight is 294 g/mol. The molecule has 0 bridgehead atoms. The zero-order chi connectivity index (χ0) is 12.6. The highest BCUT2D eigenvalue weighted by Gasteiger charge is 2.10. The van der Waals surface area contributed by atoms with Crippen LogP contribution in [0.5, 0.6) is 0 Å². The molecule has 0 saturated carbocycles. The SMILES string of the molecule is Cc1nn(-c2cccc(C(C)N)c2)c(C)c1Br. The first-order valence-electron chi connectivity index (χ1n) is 5.58. The van der Waals surface area contributed by atoms with E-state index in [9.17, 15) is 0 Å². The number of aryl methyl sites for hydroxylation is 1. The minimum absolute atomic E-state index is 0.0374. The van der Waals surface area contributed by atoms with E-state index in [0.29, 0.717) is 0 Å². The lowest BCUT2D eigenvalue weighted by atomic mass is 10.1. The molecule has 0 spiro atoms. The molecule has 1 aromatic heterocycles. The molecule has 0 aliphatic carbocycles. The Bertz CT molecular complexity index is 544. The third-order valence-electron chi connectivity index (χ3n) is 2.84. The summed E-state index contributed by atoms with van der Waals surface area (Å²) < 4.78 is 2.99. The van der Waals surface area contributed by atoms with Crippen molar-refractivity contribution in [1.29, 1.82) is 0 Å². The monoisotopic (exact) mass is 293 g/mol. The molecule has 0 radical (unpaired) electrons. The lowest BCUT2D eigenvalue weighted by Crippen LogP contribution is -2.06.